The zero-order chi connectivity index (χ0) is 51.6. The lowest BCUT2D eigenvalue weighted by molar-refractivity contribution is -0.0597. The Hall–Kier alpha value is -6.99. The normalized spacial score (nSPS) is 17.2. The topological polar surface area (TPSA) is 306 Å². The molecule has 18 heteroatoms. The Kier molecular flexibility index (Phi) is 23.9. The smallest absolute Gasteiger partial charge is 0.134 e. The average Bonchev–Trinajstić information content (AvgIpc) is 3.31. The van der Waals surface area contributed by atoms with E-state index in [4.69, 9.17) is 28.4 Å². The predicted octanol–water partition coefficient (Wildman–Crippen LogP) is 6.44. The zero-order valence-corrected chi connectivity index (χ0v) is 41.4. The number of nitrogens with one attached hydrogen (secondary N) is 3. The van der Waals surface area contributed by atoms with Crippen LogP contribution in [-0.4, -0.2) is 98.4 Å². The molecule has 368 valence electrons. The summed E-state index contributed by atoms with van der Waals surface area (Å²) in [7, 11) is 0. The summed E-state index contributed by atoms with van der Waals surface area (Å²) < 4.78 is 35.3. The number of nitrogens with zero attached hydrogens (tertiary/aromatic N) is 9. The molecule has 70 heavy (non-hydrogen) atoms. The maximum Gasteiger partial charge on any atom is 0.134 e. The van der Waals surface area contributed by atoms with Gasteiger partial charge in [0.15, 0.2) is 0 Å². The summed E-state index contributed by atoms with van der Waals surface area (Å²) in [5.41, 5.74) is 3.62. The Labute approximate surface area is 413 Å². The van der Waals surface area contributed by atoms with E-state index < -0.39 is 0 Å². The van der Waals surface area contributed by atoms with Gasteiger partial charge in [0.2, 0.25) is 0 Å². The summed E-state index contributed by atoms with van der Waals surface area (Å²) in [6.45, 7) is 16.9. The number of hydrogen-bond donors (Lipinski definition) is 3. The molecule has 0 spiro atoms. The lowest BCUT2D eigenvalue weighted by Gasteiger charge is -2.33. The van der Waals surface area contributed by atoms with Crippen molar-refractivity contribution >= 4 is 0 Å². The molecular weight excluding hydrogens is 889 g/mol. The molecule has 3 aliphatic carbocycles. The van der Waals surface area contributed by atoms with Crippen LogP contribution in [0.2, 0.25) is 0 Å². The molecule has 0 amide bonds. The van der Waals surface area contributed by atoms with Crippen molar-refractivity contribution in [2.75, 3.05) is 92.3 Å². The first-order chi connectivity index (χ1) is 33.6. The van der Waals surface area contributed by atoms with Gasteiger partial charge in [-0.05, 0) is 61.2 Å². The lowest BCUT2D eigenvalue weighted by Crippen LogP contribution is -2.30. The minimum absolute atomic E-state index is 0.0436. The van der Waals surface area contributed by atoms with Crippen molar-refractivity contribution in [1.82, 2.24) is 16.0 Å². The fourth-order valence-electron chi connectivity index (χ4n) is 8.50. The summed E-state index contributed by atoms with van der Waals surface area (Å²) in [5.74, 6) is 0. The standard InChI is InChI=1S/C52H64N12O6/c1-50(2)21-41(37(27-53)28-54)44(33-59)47(24-50)62-8-12-66-16-15-65-11-7-40(70-20-19-68-14-10-64-49-26-52(5,6)23-43(46(49)35-61)39(31-57)32-58)36-69-18-17-67-13-9-63-48-25-51(3,4)22-42(45(48)34-60)38(29-55)30-56/h40,62-64H,7-26,36H2,1-6H3. The largest absolute Gasteiger partial charge is 0.385 e. The zero-order valence-electron chi connectivity index (χ0n) is 41.4. The molecule has 0 aromatic carbocycles. The molecule has 3 aliphatic rings. The van der Waals surface area contributed by atoms with Crippen LogP contribution in [0.5, 0.6) is 0 Å². The van der Waals surface area contributed by atoms with Crippen molar-refractivity contribution in [3.63, 3.8) is 0 Å². The number of allylic oxidation sites excluding steroid dienone is 12. The second-order valence-electron chi connectivity index (χ2n) is 19.3. The monoisotopic (exact) mass is 953 g/mol. The third-order valence-electron chi connectivity index (χ3n) is 11.6. The van der Waals surface area contributed by atoms with Gasteiger partial charge in [0.05, 0.1) is 88.9 Å². The highest BCUT2D eigenvalue weighted by atomic mass is 16.6. The van der Waals surface area contributed by atoms with Crippen molar-refractivity contribution in [2.45, 2.75) is 92.6 Å². The molecule has 0 saturated carbocycles. The molecule has 0 aromatic rings. The van der Waals surface area contributed by atoms with Crippen LogP contribution in [0.4, 0.5) is 0 Å². The second kappa shape index (κ2) is 29.1. The van der Waals surface area contributed by atoms with Gasteiger partial charge in [0.1, 0.15) is 71.3 Å². The Morgan fingerprint density at radius 3 is 1.03 bits per heavy atom. The Balaban J connectivity index is 1.48. The van der Waals surface area contributed by atoms with Gasteiger partial charge >= 0.3 is 0 Å². The van der Waals surface area contributed by atoms with Crippen molar-refractivity contribution in [3.05, 3.63) is 67.2 Å². The molecule has 0 fully saturated rings. The van der Waals surface area contributed by atoms with Gasteiger partial charge < -0.3 is 44.4 Å². The van der Waals surface area contributed by atoms with Gasteiger partial charge in [-0.25, -0.2) is 0 Å². The summed E-state index contributed by atoms with van der Waals surface area (Å²) in [6.07, 6.45) is 3.35. The summed E-state index contributed by atoms with van der Waals surface area (Å²) in [5, 5.41) is 96.3. The fourth-order valence-corrected chi connectivity index (χ4v) is 8.50. The van der Waals surface area contributed by atoms with Gasteiger partial charge in [0, 0.05) is 60.1 Å². The Morgan fingerprint density at radius 1 is 0.414 bits per heavy atom. The predicted molar refractivity (Wildman–Crippen MR) is 254 cm³/mol. The van der Waals surface area contributed by atoms with E-state index in [0.29, 0.717) is 168 Å². The molecule has 3 N–H and O–H groups in total. The molecule has 18 nitrogen and oxygen atoms in total. The van der Waals surface area contributed by atoms with Crippen LogP contribution in [-0.2, 0) is 28.4 Å². The van der Waals surface area contributed by atoms with E-state index in [2.05, 4.69) is 34.2 Å². The molecule has 0 aliphatic heterocycles. The van der Waals surface area contributed by atoms with Crippen LogP contribution in [0.15, 0.2) is 67.2 Å². The number of rotatable bonds is 27. The SMILES string of the molecule is CC1(C)CC(NCCOCCOCCC(COCCOCCNC2=C(C#N)C(=C(C#N)C#N)CC(C)(C)C2)OCCOCCNC2=C(C#N)C(=C(C#N)C#N)CC(C)(C)C2)=C(C#N)C(=C(C#N)C#N)C1. The van der Waals surface area contributed by atoms with Crippen molar-refractivity contribution in [1.29, 1.82) is 47.4 Å². The maximum atomic E-state index is 9.90. The Morgan fingerprint density at radius 2 is 0.714 bits per heavy atom. The molecule has 0 radical (unpaired) electrons. The quantitative estimate of drug-likeness (QED) is 0.0589. The van der Waals surface area contributed by atoms with E-state index in [-0.39, 0.29) is 58.9 Å². The van der Waals surface area contributed by atoms with Gasteiger partial charge in [-0.1, -0.05) is 41.5 Å². The third-order valence-corrected chi connectivity index (χ3v) is 11.6. The van der Waals surface area contributed by atoms with E-state index in [9.17, 15) is 47.4 Å². The molecule has 1 unspecified atom stereocenters. The highest BCUT2D eigenvalue weighted by Crippen LogP contribution is 2.44. The van der Waals surface area contributed by atoms with Crippen molar-refractivity contribution in [3.8, 4) is 54.6 Å². The van der Waals surface area contributed by atoms with Gasteiger partial charge in [-0.15, -0.1) is 0 Å². The van der Waals surface area contributed by atoms with E-state index >= 15 is 0 Å². The third kappa shape index (κ3) is 18.2. The van der Waals surface area contributed by atoms with Crippen molar-refractivity contribution < 1.29 is 28.4 Å². The second-order valence-corrected chi connectivity index (χ2v) is 19.3. The van der Waals surface area contributed by atoms with Crippen LogP contribution in [0.25, 0.3) is 0 Å². The van der Waals surface area contributed by atoms with Crippen LogP contribution in [0, 0.1) is 118 Å². The summed E-state index contributed by atoms with van der Waals surface area (Å²) in [6, 6.07) is 18.1. The number of hydrogen-bond acceptors (Lipinski definition) is 18. The molecule has 0 saturated heterocycles. The first-order valence-corrected chi connectivity index (χ1v) is 23.3. The molecule has 0 aromatic heterocycles. The molecule has 3 rings (SSSR count). The maximum absolute atomic E-state index is 9.90. The molecule has 1 atom stereocenters. The van der Waals surface area contributed by atoms with E-state index in [1.54, 1.807) is 0 Å². The first-order valence-electron chi connectivity index (χ1n) is 23.3. The van der Waals surface area contributed by atoms with Gasteiger partial charge in [-0.3, -0.25) is 0 Å². The lowest BCUT2D eigenvalue weighted by atomic mass is 9.73. The minimum Gasteiger partial charge on any atom is -0.385 e. The molecule has 0 bridgehead atoms. The molecule has 0 heterocycles. The highest BCUT2D eigenvalue weighted by Gasteiger charge is 2.35. The Bertz CT molecular complexity index is 2420. The number of nitriles is 9. The van der Waals surface area contributed by atoms with Gasteiger partial charge in [-0.2, -0.15) is 47.4 Å². The highest BCUT2D eigenvalue weighted by molar-refractivity contribution is 5.59. The van der Waals surface area contributed by atoms with Crippen LogP contribution in [0.1, 0.15) is 86.5 Å². The summed E-state index contributed by atoms with van der Waals surface area (Å²) in [4.78, 5) is 0. The number of ether oxygens (including phenoxy) is 6. The van der Waals surface area contributed by atoms with Crippen LogP contribution >= 0.6 is 0 Å². The first kappa shape index (κ1) is 57.3. The van der Waals surface area contributed by atoms with Crippen LogP contribution < -0.4 is 16.0 Å². The van der Waals surface area contributed by atoms with Crippen molar-refractivity contribution in [2.24, 2.45) is 16.2 Å². The fraction of sp³-hybridized carbons (Fsp3) is 0.596. The minimum atomic E-state index is -0.329. The van der Waals surface area contributed by atoms with E-state index in [1.807, 2.05) is 78.0 Å². The van der Waals surface area contributed by atoms with E-state index in [0.717, 1.165) is 0 Å². The average molecular weight is 953 g/mol. The van der Waals surface area contributed by atoms with E-state index in [1.165, 1.54) is 0 Å². The van der Waals surface area contributed by atoms with Gasteiger partial charge in [0.25, 0.3) is 0 Å². The van der Waals surface area contributed by atoms with Crippen LogP contribution in [0.3, 0.4) is 0 Å². The summed E-state index contributed by atoms with van der Waals surface area (Å²) >= 11 is 0. The molecular formula is C52H64N12O6.